The summed E-state index contributed by atoms with van der Waals surface area (Å²) in [5.41, 5.74) is 1.29. The van der Waals surface area contributed by atoms with Gasteiger partial charge >= 0.3 is 0 Å². The molecule has 1 saturated heterocycles. The first-order chi connectivity index (χ1) is 16.4. The van der Waals surface area contributed by atoms with E-state index >= 15 is 4.39 Å². The van der Waals surface area contributed by atoms with E-state index in [0.717, 1.165) is 43.5 Å². The van der Waals surface area contributed by atoms with E-state index in [1.807, 2.05) is 6.20 Å². The van der Waals surface area contributed by atoms with E-state index in [-0.39, 0.29) is 22.3 Å². The lowest BCUT2D eigenvalue weighted by atomic mass is 9.76. The molecular weight excluding hydrogens is 494 g/mol. The van der Waals surface area contributed by atoms with Crippen LogP contribution in [-0.4, -0.2) is 33.5 Å². The van der Waals surface area contributed by atoms with Crippen LogP contribution in [0.15, 0.2) is 23.2 Å². The number of hydrogen-bond donors (Lipinski definition) is 2. The fraction of sp³-hybridized carbons (Fsp3) is 0.600. The van der Waals surface area contributed by atoms with Crippen molar-refractivity contribution in [3.8, 4) is 0 Å². The highest BCUT2D eigenvalue weighted by atomic mass is 35.5. The highest BCUT2D eigenvalue weighted by Crippen LogP contribution is 2.50. The van der Waals surface area contributed by atoms with Gasteiger partial charge < -0.3 is 5.32 Å². The minimum atomic E-state index is -0.505. The number of benzene rings is 1. The number of hydrogen-bond acceptors (Lipinski definition) is 4. The van der Waals surface area contributed by atoms with Gasteiger partial charge in [0.15, 0.2) is 0 Å². The lowest BCUT2D eigenvalue weighted by Crippen LogP contribution is -2.42. The fourth-order valence-electron chi connectivity index (χ4n) is 5.65. The van der Waals surface area contributed by atoms with Gasteiger partial charge in [0.1, 0.15) is 5.82 Å². The van der Waals surface area contributed by atoms with Crippen molar-refractivity contribution >= 4 is 41.1 Å². The molecule has 0 spiro atoms. The third kappa shape index (κ3) is 4.73. The van der Waals surface area contributed by atoms with Crippen LogP contribution in [0, 0.1) is 17.2 Å². The number of amides is 1. The van der Waals surface area contributed by atoms with E-state index in [0.29, 0.717) is 23.0 Å². The van der Waals surface area contributed by atoms with Crippen LogP contribution in [0.5, 0.6) is 0 Å². The maximum Gasteiger partial charge on any atom is 0.224 e. The molecule has 5 nitrogen and oxygen atoms in total. The maximum absolute atomic E-state index is 15.0. The van der Waals surface area contributed by atoms with Crippen molar-refractivity contribution < 1.29 is 9.18 Å². The number of rotatable bonds is 7. The predicted molar refractivity (Wildman–Crippen MR) is 135 cm³/mol. The van der Waals surface area contributed by atoms with Gasteiger partial charge in [-0.15, -0.1) is 0 Å². The van der Waals surface area contributed by atoms with Gasteiger partial charge in [0.05, 0.1) is 38.8 Å². The zero-order valence-corrected chi connectivity index (χ0v) is 21.7. The van der Waals surface area contributed by atoms with Crippen LogP contribution in [0.25, 0.3) is 0 Å². The van der Waals surface area contributed by atoms with Crippen LogP contribution in [0.3, 0.4) is 0 Å². The molecule has 2 aliphatic carbocycles. The molecule has 0 radical (unpaired) electrons. The summed E-state index contributed by atoms with van der Waals surface area (Å²) in [5.74, 6) is -0.0278. The molecule has 1 aromatic heterocycles. The molecule has 1 aliphatic heterocycles. The molecule has 3 fully saturated rings. The Morgan fingerprint density at radius 1 is 1.26 bits per heavy atom. The molecule has 2 unspecified atom stereocenters. The minimum absolute atomic E-state index is 0.0388. The maximum atomic E-state index is 15.0. The normalized spacial score (nSPS) is 23.7. The second-order valence-corrected chi connectivity index (χ2v) is 12.2. The topological polar surface area (TPSA) is 61.0 Å². The van der Waals surface area contributed by atoms with Gasteiger partial charge in [0.25, 0.3) is 0 Å². The Kier molecular flexibility index (Phi) is 7.18. The summed E-state index contributed by atoms with van der Waals surface area (Å²) >= 11 is 14.4. The number of carbonyl (C=O) groups is 1. The Morgan fingerprint density at radius 3 is 2.74 bits per heavy atom. The van der Waals surface area contributed by atoms with Crippen LogP contribution in [0.1, 0.15) is 81.5 Å². The number of aromatic amines is 1. The fourth-order valence-corrected chi connectivity index (χ4v) is 7.21. The molecule has 2 saturated carbocycles. The molecule has 184 valence electrons. The lowest BCUT2D eigenvalue weighted by Gasteiger charge is -2.36. The van der Waals surface area contributed by atoms with Crippen LogP contribution in [0.2, 0.25) is 10.0 Å². The predicted octanol–water partition coefficient (Wildman–Crippen LogP) is 6.89. The summed E-state index contributed by atoms with van der Waals surface area (Å²) in [7, 11) is 0. The number of nitrogens with zero attached hydrogens (tertiary/aromatic N) is 2. The molecule has 2 N–H and O–H groups in total. The molecular formula is C25H31Cl2FN4OS. The van der Waals surface area contributed by atoms with E-state index in [1.54, 1.807) is 11.9 Å². The Labute approximate surface area is 214 Å². The summed E-state index contributed by atoms with van der Waals surface area (Å²) in [6.07, 6.45) is 10.3. The second-order valence-electron chi connectivity index (χ2n) is 10.3. The molecule has 0 bridgehead atoms. The van der Waals surface area contributed by atoms with Crippen molar-refractivity contribution in [1.29, 1.82) is 0 Å². The number of carbonyl (C=O) groups excluding carboxylic acids is 1. The van der Waals surface area contributed by atoms with E-state index < -0.39 is 11.9 Å². The molecule has 34 heavy (non-hydrogen) atoms. The summed E-state index contributed by atoms with van der Waals surface area (Å²) in [5, 5.41) is 11.2. The van der Waals surface area contributed by atoms with Gasteiger partial charge in [0.2, 0.25) is 5.91 Å². The largest absolute Gasteiger partial charge is 0.348 e. The first-order valence-electron chi connectivity index (χ1n) is 12.3. The van der Waals surface area contributed by atoms with E-state index in [4.69, 9.17) is 23.2 Å². The smallest absolute Gasteiger partial charge is 0.224 e. The molecule has 2 atom stereocenters. The van der Waals surface area contributed by atoms with Gasteiger partial charge in [0, 0.05) is 24.6 Å². The average molecular weight is 526 g/mol. The number of aromatic nitrogens is 2. The zero-order chi connectivity index (χ0) is 23.9. The molecule has 2 heterocycles. The second kappa shape index (κ2) is 10.00. The Balaban J connectivity index is 1.30. The zero-order valence-electron chi connectivity index (χ0n) is 19.4. The summed E-state index contributed by atoms with van der Waals surface area (Å²) in [6.45, 7) is 3.60. The summed E-state index contributed by atoms with van der Waals surface area (Å²) in [4.78, 5) is 14.6. The van der Waals surface area contributed by atoms with Gasteiger partial charge in [-0.3, -0.25) is 9.89 Å². The SMILES string of the molecule is CC1(C(NC(=O)C2CCN(Sc3cn[nH]c3C3CCC3)C2)c2c(F)ccc(Cl)c2Cl)CCCC1. The third-order valence-corrected chi connectivity index (χ3v) is 9.92. The molecule has 3 aliphatic rings. The highest BCUT2D eigenvalue weighted by Gasteiger charge is 2.43. The van der Waals surface area contributed by atoms with Crippen LogP contribution < -0.4 is 5.32 Å². The molecule has 5 rings (SSSR count). The molecule has 1 amide bonds. The van der Waals surface area contributed by atoms with E-state index in [1.165, 1.54) is 37.1 Å². The Bertz CT molecular complexity index is 1050. The Morgan fingerprint density at radius 2 is 2.03 bits per heavy atom. The number of halogens is 3. The summed E-state index contributed by atoms with van der Waals surface area (Å²) in [6, 6.07) is 2.31. The monoisotopic (exact) mass is 524 g/mol. The van der Waals surface area contributed by atoms with Crippen LogP contribution >= 0.6 is 35.1 Å². The summed E-state index contributed by atoms with van der Waals surface area (Å²) < 4.78 is 17.3. The van der Waals surface area contributed by atoms with E-state index in [9.17, 15) is 4.79 Å². The van der Waals surface area contributed by atoms with Crippen molar-refractivity contribution in [1.82, 2.24) is 19.8 Å². The molecule has 1 aromatic carbocycles. The van der Waals surface area contributed by atoms with Gasteiger partial charge in [-0.25, -0.2) is 8.70 Å². The Hall–Kier alpha value is -1.28. The van der Waals surface area contributed by atoms with Gasteiger partial charge in [-0.05, 0) is 61.6 Å². The average Bonchev–Trinajstić information content (AvgIpc) is 3.52. The molecule has 9 heteroatoms. The molecule has 2 aromatic rings. The van der Waals surface area contributed by atoms with Crippen LogP contribution in [-0.2, 0) is 4.79 Å². The standard InChI is InChI=1S/C25H31Cl2FN4OS/c1-25(10-2-3-11-25)23(20-18(28)8-7-17(26)21(20)27)30-24(33)16-9-12-32(14-16)34-19-13-29-31-22(19)15-5-4-6-15/h7-8,13,15-16,23H,2-6,9-12,14H2,1H3,(H,29,31)(H,30,33). The lowest BCUT2D eigenvalue weighted by molar-refractivity contribution is -0.126. The van der Waals surface area contributed by atoms with Crippen molar-refractivity contribution in [3.63, 3.8) is 0 Å². The number of nitrogens with one attached hydrogen (secondary N) is 2. The third-order valence-electron chi connectivity index (χ3n) is 7.99. The van der Waals surface area contributed by atoms with Crippen molar-refractivity contribution in [2.45, 2.75) is 75.1 Å². The van der Waals surface area contributed by atoms with Crippen LogP contribution in [0.4, 0.5) is 4.39 Å². The number of H-pyrrole nitrogens is 1. The van der Waals surface area contributed by atoms with Crippen molar-refractivity contribution in [2.75, 3.05) is 13.1 Å². The van der Waals surface area contributed by atoms with Gasteiger partial charge in [-0.1, -0.05) is 49.4 Å². The first-order valence-corrected chi connectivity index (χ1v) is 13.8. The van der Waals surface area contributed by atoms with Crippen molar-refractivity contribution in [3.05, 3.63) is 45.4 Å². The quantitative estimate of drug-likeness (QED) is 0.305. The van der Waals surface area contributed by atoms with Gasteiger partial charge in [-0.2, -0.15) is 5.10 Å². The minimum Gasteiger partial charge on any atom is -0.348 e. The van der Waals surface area contributed by atoms with E-state index in [2.05, 4.69) is 26.7 Å². The highest BCUT2D eigenvalue weighted by molar-refractivity contribution is 7.97. The van der Waals surface area contributed by atoms with Crippen molar-refractivity contribution in [2.24, 2.45) is 11.3 Å². The first kappa shape index (κ1) is 24.4.